The van der Waals surface area contributed by atoms with Gasteiger partial charge in [-0.05, 0) is 48.0 Å². The SMILES string of the molecule is O=S(=O)(Cc1cccc(Cl)c1)Nc1ccc2[nH]c(O)c(-c3ccc4ccccc4n3)c2c1. The molecule has 0 amide bonds. The van der Waals surface area contributed by atoms with E-state index in [1.807, 2.05) is 36.4 Å². The summed E-state index contributed by atoms with van der Waals surface area (Å²) < 4.78 is 28.0. The number of halogens is 1. The van der Waals surface area contributed by atoms with E-state index in [0.717, 1.165) is 10.9 Å². The lowest BCUT2D eigenvalue weighted by Crippen LogP contribution is -2.15. The second-order valence-electron chi connectivity index (χ2n) is 7.49. The Labute approximate surface area is 189 Å². The van der Waals surface area contributed by atoms with Crippen molar-refractivity contribution in [3.05, 3.63) is 89.4 Å². The number of H-pyrrole nitrogens is 1. The summed E-state index contributed by atoms with van der Waals surface area (Å²) in [6.45, 7) is 0. The van der Waals surface area contributed by atoms with Crippen LogP contribution in [0.3, 0.4) is 0 Å². The molecule has 0 radical (unpaired) electrons. The predicted molar refractivity (Wildman–Crippen MR) is 128 cm³/mol. The number of hydrogen-bond donors (Lipinski definition) is 3. The van der Waals surface area contributed by atoms with Crippen molar-refractivity contribution in [2.45, 2.75) is 5.75 Å². The molecule has 0 unspecified atom stereocenters. The van der Waals surface area contributed by atoms with Crippen LogP contribution in [0.1, 0.15) is 5.56 Å². The van der Waals surface area contributed by atoms with Crippen LogP contribution in [0.25, 0.3) is 33.1 Å². The largest absolute Gasteiger partial charge is 0.494 e. The van der Waals surface area contributed by atoms with E-state index in [1.165, 1.54) is 0 Å². The molecule has 2 heterocycles. The molecule has 0 spiro atoms. The highest BCUT2D eigenvalue weighted by Gasteiger charge is 2.17. The van der Waals surface area contributed by atoms with Gasteiger partial charge in [-0.2, -0.15) is 0 Å². The van der Waals surface area contributed by atoms with Crippen LogP contribution in [-0.2, 0) is 15.8 Å². The summed E-state index contributed by atoms with van der Waals surface area (Å²) in [6.07, 6.45) is 0. The van der Waals surface area contributed by atoms with Crippen LogP contribution >= 0.6 is 11.6 Å². The summed E-state index contributed by atoms with van der Waals surface area (Å²) >= 11 is 5.97. The first kappa shape index (κ1) is 20.4. The van der Waals surface area contributed by atoms with Gasteiger partial charge in [0.1, 0.15) is 0 Å². The van der Waals surface area contributed by atoms with Crippen molar-refractivity contribution in [3.8, 4) is 17.1 Å². The Morgan fingerprint density at radius 3 is 2.66 bits per heavy atom. The van der Waals surface area contributed by atoms with Gasteiger partial charge in [-0.3, -0.25) is 4.72 Å². The van der Waals surface area contributed by atoms with Gasteiger partial charge < -0.3 is 10.1 Å². The average molecular weight is 464 g/mol. The molecule has 3 aromatic carbocycles. The highest BCUT2D eigenvalue weighted by Crippen LogP contribution is 2.37. The number of rotatable bonds is 5. The Balaban J connectivity index is 1.52. The molecule has 0 aliphatic rings. The van der Waals surface area contributed by atoms with E-state index in [-0.39, 0.29) is 11.6 Å². The van der Waals surface area contributed by atoms with E-state index < -0.39 is 10.0 Å². The Bertz CT molecular complexity index is 1580. The number of para-hydroxylation sites is 1. The summed E-state index contributed by atoms with van der Waals surface area (Å²) in [5.74, 6) is -0.231. The van der Waals surface area contributed by atoms with Crippen LogP contribution in [0.5, 0.6) is 5.88 Å². The van der Waals surface area contributed by atoms with Gasteiger partial charge in [-0.25, -0.2) is 13.4 Å². The van der Waals surface area contributed by atoms with Crippen molar-refractivity contribution in [3.63, 3.8) is 0 Å². The highest BCUT2D eigenvalue weighted by molar-refractivity contribution is 7.91. The van der Waals surface area contributed by atoms with E-state index in [4.69, 9.17) is 11.6 Å². The number of aromatic amines is 1. The number of nitrogens with one attached hydrogen (secondary N) is 2. The second kappa shape index (κ2) is 7.85. The van der Waals surface area contributed by atoms with Crippen molar-refractivity contribution < 1.29 is 13.5 Å². The minimum absolute atomic E-state index is 0.0262. The minimum atomic E-state index is -3.67. The maximum Gasteiger partial charge on any atom is 0.236 e. The Kier molecular flexibility index (Phi) is 5.00. The molecule has 0 saturated heterocycles. The number of fused-ring (bicyclic) bond motifs is 2. The molecular weight excluding hydrogens is 446 g/mol. The number of nitrogens with zero attached hydrogens (tertiary/aromatic N) is 1. The third kappa shape index (κ3) is 4.00. The molecule has 6 nitrogen and oxygen atoms in total. The number of sulfonamides is 1. The standard InChI is InChI=1S/C24H18ClN3O3S/c25-17-6-3-4-15(12-17)14-32(30,31)28-18-9-11-21-19(13-18)23(24(29)27-21)22-10-8-16-5-1-2-7-20(16)26-22/h1-13,27-29H,14H2. The van der Waals surface area contributed by atoms with Gasteiger partial charge in [0.15, 0.2) is 5.88 Å². The smallest absolute Gasteiger partial charge is 0.236 e. The number of benzene rings is 3. The van der Waals surface area contributed by atoms with E-state index in [0.29, 0.717) is 38.4 Å². The summed E-state index contributed by atoms with van der Waals surface area (Å²) in [5.41, 5.74) is 3.56. The van der Waals surface area contributed by atoms with Gasteiger partial charge in [-0.1, -0.05) is 48.0 Å². The Hall–Kier alpha value is -3.55. The molecule has 0 aliphatic carbocycles. The van der Waals surface area contributed by atoms with E-state index in [2.05, 4.69) is 14.7 Å². The molecule has 160 valence electrons. The van der Waals surface area contributed by atoms with Crippen molar-refractivity contribution in [2.75, 3.05) is 4.72 Å². The van der Waals surface area contributed by atoms with Gasteiger partial charge in [0.25, 0.3) is 0 Å². The zero-order valence-electron chi connectivity index (χ0n) is 16.7. The molecule has 0 fully saturated rings. The van der Waals surface area contributed by atoms with Gasteiger partial charge in [0, 0.05) is 27.0 Å². The molecule has 5 aromatic rings. The van der Waals surface area contributed by atoms with Crippen LogP contribution in [0.4, 0.5) is 5.69 Å². The third-order valence-corrected chi connectivity index (χ3v) is 6.65. The molecule has 0 aliphatic heterocycles. The molecule has 2 aromatic heterocycles. The molecule has 0 saturated carbocycles. The first-order valence-electron chi connectivity index (χ1n) is 9.84. The van der Waals surface area contributed by atoms with Gasteiger partial charge in [-0.15, -0.1) is 0 Å². The van der Waals surface area contributed by atoms with E-state index in [9.17, 15) is 13.5 Å². The second-order valence-corrected chi connectivity index (χ2v) is 9.65. The van der Waals surface area contributed by atoms with Crippen LogP contribution in [0.15, 0.2) is 78.9 Å². The van der Waals surface area contributed by atoms with Crippen LogP contribution in [-0.4, -0.2) is 23.5 Å². The minimum Gasteiger partial charge on any atom is -0.494 e. The first-order valence-corrected chi connectivity index (χ1v) is 11.9. The maximum absolute atomic E-state index is 12.7. The lowest BCUT2D eigenvalue weighted by atomic mass is 10.1. The Morgan fingerprint density at radius 1 is 0.969 bits per heavy atom. The third-order valence-electron chi connectivity index (χ3n) is 5.15. The fraction of sp³-hybridized carbons (Fsp3) is 0.0417. The topological polar surface area (TPSA) is 95.1 Å². The normalized spacial score (nSPS) is 11.8. The molecular formula is C24H18ClN3O3S. The molecule has 0 atom stereocenters. The Morgan fingerprint density at radius 2 is 1.81 bits per heavy atom. The summed E-state index contributed by atoms with van der Waals surface area (Å²) in [4.78, 5) is 7.60. The van der Waals surface area contributed by atoms with Crippen molar-refractivity contribution in [1.82, 2.24) is 9.97 Å². The number of pyridine rings is 1. The lowest BCUT2D eigenvalue weighted by molar-refractivity contribution is 0.460. The molecule has 0 bridgehead atoms. The monoisotopic (exact) mass is 463 g/mol. The molecule has 5 rings (SSSR count). The van der Waals surface area contributed by atoms with Crippen molar-refractivity contribution in [2.24, 2.45) is 0 Å². The zero-order chi connectivity index (χ0) is 22.3. The van der Waals surface area contributed by atoms with Crippen LogP contribution < -0.4 is 4.72 Å². The van der Waals surface area contributed by atoms with Crippen LogP contribution in [0.2, 0.25) is 5.02 Å². The van der Waals surface area contributed by atoms with Gasteiger partial charge >= 0.3 is 0 Å². The number of aromatic hydroxyl groups is 1. The number of anilines is 1. The summed E-state index contributed by atoms with van der Waals surface area (Å²) in [7, 11) is -3.67. The lowest BCUT2D eigenvalue weighted by Gasteiger charge is -2.09. The van der Waals surface area contributed by atoms with Crippen LogP contribution in [0, 0.1) is 0 Å². The quantitative estimate of drug-likeness (QED) is 0.312. The molecule has 3 N–H and O–H groups in total. The van der Waals surface area contributed by atoms with E-state index >= 15 is 0 Å². The summed E-state index contributed by atoms with van der Waals surface area (Å²) in [6, 6.07) is 23.3. The average Bonchev–Trinajstić information content (AvgIpc) is 3.07. The van der Waals surface area contributed by atoms with Crippen molar-refractivity contribution in [1.29, 1.82) is 0 Å². The fourth-order valence-electron chi connectivity index (χ4n) is 3.77. The maximum atomic E-state index is 12.7. The fourth-order valence-corrected chi connectivity index (χ4v) is 5.16. The predicted octanol–water partition coefficient (Wildman–Crippen LogP) is 5.68. The van der Waals surface area contributed by atoms with Crippen molar-refractivity contribution >= 4 is 49.1 Å². The zero-order valence-corrected chi connectivity index (χ0v) is 18.3. The van der Waals surface area contributed by atoms with Gasteiger partial charge in [0.2, 0.25) is 10.0 Å². The molecule has 8 heteroatoms. The number of hydrogen-bond acceptors (Lipinski definition) is 4. The number of aromatic nitrogens is 2. The van der Waals surface area contributed by atoms with E-state index in [1.54, 1.807) is 42.5 Å². The summed E-state index contributed by atoms with van der Waals surface area (Å²) in [5, 5.41) is 12.7. The first-order chi connectivity index (χ1) is 15.4. The van der Waals surface area contributed by atoms with Gasteiger partial charge in [0.05, 0.1) is 22.5 Å². The highest BCUT2D eigenvalue weighted by atomic mass is 35.5. The molecule has 32 heavy (non-hydrogen) atoms.